The lowest BCUT2D eigenvalue weighted by Crippen LogP contribution is -2.33. The van der Waals surface area contributed by atoms with Gasteiger partial charge in [-0.3, -0.25) is 4.57 Å². The van der Waals surface area contributed by atoms with E-state index in [-0.39, 0.29) is 5.41 Å². The van der Waals surface area contributed by atoms with Gasteiger partial charge in [0.25, 0.3) is 0 Å². The molecule has 6 nitrogen and oxygen atoms in total. The Balaban J connectivity index is 1.07. The van der Waals surface area contributed by atoms with E-state index >= 15 is 0 Å². The molecule has 1 aliphatic rings. The van der Waals surface area contributed by atoms with Crippen molar-refractivity contribution in [3.63, 3.8) is 0 Å². The van der Waals surface area contributed by atoms with Gasteiger partial charge in [-0.15, -0.1) is 0 Å². The molecule has 0 spiro atoms. The summed E-state index contributed by atoms with van der Waals surface area (Å²) in [6, 6.07) is 52.6. The topological polar surface area (TPSA) is 48.8 Å². The predicted molar refractivity (Wildman–Crippen MR) is 211 cm³/mol. The molecule has 0 unspecified atom stereocenters. The van der Waals surface area contributed by atoms with Crippen LogP contribution < -0.4 is 9.30 Å². The highest BCUT2D eigenvalue weighted by molar-refractivity contribution is 6.09. The second-order valence-corrected chi connectivity index (χ2v) is 14.6. The monoisotopic (exact) mass is 685 g/mol. The first-order valence-corrected chi connectivity index (χ1v) is 17.9. The molecule has 0 aliphatic carbocycles. The summed E-state index contributed by atoms with van der Waals surface area (Å²) in [6.45, 7) is 6.69. The number of rotatable bonds is 4. The van der Waals surface area contributed by atoms with Gasteiger partial charge < -0.3 is 9.30 Å². The first kappa shape index (κ1) is 31.0. The van der Waals surface area contributed by atoms with Crippen molar-refractivity contribution in [2.45, 2.75) is 26.2 Å². The van der Waals surface area contributed by atoms with Crippen molar-refractivity contribution in [2.75, 3.05) is 0 Å². The van der Waals surface area contributed by atoms with Gasteiger partial charge in [-0.2, -0.15) is 4.68 Å². The van der Waals surface area contributed by atoms with Gasteiger partial charge in [0, 0.05) is 34.3 Å². The molecule has 10 rings (SSSR count). The third-order valence-corrected chi connectivity index (χ3v) is 10.2. The van der Waals surface area contributed by atoms with E-state index < -0.39 is 0 Å². The third kappa shape index (κ3) is 5.14. The smallest absolute Gasteiger partial charge is 0.232 e. The zero-order valence-corrected chi connectivity index (χ0v) is 29.7. The van der Waals surface area contributed by atoms with Crippen molar-refractivity contribution in [1.29, 1.82) is 0 Å². The zero-order chi connectivity index (χ0) is 35.7. The van der Waals surface area contributed by atoms with E-state index in [1.54, 1.807) is 0 Å². The summed E-state index contributed by atoms with van der Waals surface area (Å²) in [4.78, 5) is 4.84. The number of hydrogen-bond acceptors (Lipinski definition) is 3. The van der Waals surface area contributed by atoms with Crippen LogP contribution in [0.4, 0.5) is 0 Å². The summed E-state index contributed by atoms with van der Waals surface area (Å²) < 4.78 is 12.8. The molecule has 0 saturated heterocycles. The molecule has 0 amide bonds. The van der Waals surface area contributed by atoms with Crippen molar-refractivity contribution >= 4 is 21.8 Å². The van der Waals surface area contributed by atoms with E-state index in [4.69, 9.17) is 14.8 Å². The Morgan fingerprint density at radius 1 is 0.585 bits per heavy atom. The Bertz CT molecular complexity index is 2790. The van der Waals surface area contributed by atoms with E-state index in [2.05, 4.69) is 158 Å². The van der Waals surface area contributed by atoms with Gasteiger partial charge in [0.2, 0.25) is 12.2 Å². The Morgan fingerprint density at radius 3 is 2.06 bits per heavy atom. The van der Waals surface area contributed by atoms with Crippen molar-refractivity contribution < 1.29 is 9.30 Å². The molecule has 6 aromatic carbocycles. The summed E-state index contributed by atoms with van der Waals surface area (Å²) >= 11 is 0. The average molecular weight is 686 g/mol. The number of para-hydroxylation sites is 2. The molecule has 4 heterocycles. The molecule has 3 aromatic heterocycles. The van der Waals surface area contributed by atoms with Gasteiger partial charge in [-0.1, -0.05) is 124 Å². The minimum atomic E-state index is -0.00423. The van der Waals surface area contributed by atoms with Crippen LogP contribution in [0.25, 0.3) is 72.6 Å². The minimum Gasteiger partial charge on any atom is -0.458 e. The van der Waals surface area contributed by atoms with Crippen molar-refractivity contribution in [3.8, 4) is 62.3 Å². The van der Waals surface area contributed by atoms with Crippen LogP contribution in [0.1, 0.15) is 26.3 Å². The molecule has 0 bridgehead atoms. The maximum atomic E-state index is 6.61. The van der Waals surface area contributed by atoms with E-state index in [1.807, 2.05) is 41.2 Å². The Morgan fingerprint density at radius 2 is 1.25 bits per heavy atom. The second-order valence-electron chi connectivity index (χ2n) is 14.6. The van der Waals surface area contributed by atoms with Gasteiger partial charge in [0.1, 0.15) is 17.3 Å². The molecule has 53 heavy (non-hydrogen) atoms. The quantitative estimate of drug-likeness (QED) is 0.137. The minimum absolute atomic E-state index is 0.00423. The number of benzene rings is 6. The molecule has 254 valence electrons. The van der Waals surface area contributed by atoms with Gasteiger partial charge in [0.15, 0.2) is 0 Å². The number of ether oxygens (including phenoxy) is 1. The lowest BCUT2D eigenvalue weighted by atomic mass is 9.88. The highest BCUT2D eigenvalue weighted by Crippen LogP contribution is 2.41. The summed E-state index contributed by atoms with van der Waals surface area (Å²) in [5.74, 6) is 3.14. The van der Waals surface area contributed by atoms with Crippen LogP contribution in [0, 0.1) is 6.33 Å². The van der Waals surface area contributed by atoms with E-state index in [1.165, 1.54) is 22.1 Å². The molecule has 6 heteroatoms. The Kier molecular flexibility index (Phi) is 6.95. The van der Waals surface area contributed by atoms with Crippen LogP contribution in [-0.4, -0.2) is 19.3 Å². The second kappa shape index (κ2) is 11.9. The fourth-order valence-electron chi connectivity index (χ4n) is 7.61. The normalized spacial score (nSPS) is 12.1. The fraction of sp³-hybridized carbons (Fsp3) is 0.0851. The highest BCUT2D eigenvalue weighted by atomic mass is 16.5. The van der Waals surface area contributed by atoms with E-state index in [9.17, 15) is 0 Å². The van der Waals surface area contributed by atoms with Crippen LogP contribution in [0.15, 0.2) is 158 Å². The number of nitrogens with zero attached hydrogens (tertiary/aromatic N) is 5. The molecular weight excluding hydrogens is 651 g/mol. The van der Waals surface area contributed by atoms with Crippen LogP contribution in [0.5, 0.6) is 11.5 Å². The van der Waals surface area contributed by atoms with Crippen molar-refractivity contribution in [1.82, 2.24) is 19.3 Å². The summed E-state index contributed by atoms with van der Waals surface area (Å²) in [5.41, 5.74) is 10.9. The fourth-order valence-corrected chi connectivity index (χ4v) is 7.61. The molecule has 1 aliphatic heterocycles. The van der Waals surface area contributed by atoms with Gasteiger partial charge in [0.05, 0.1) is 16.7 Å². The van der Waals surface area contributed by atoms with Crippen molar-refractivity contribution in [3.05, 3.63) is 170 Å². The molecule has 0 N–H and O–H groups in total. The number of fused-ring (bicyclic) bond motifs is 11. The maximum Gasteiger partial charge on any atom is 0.232 e. The Labute approximate surface area is 307 Å². The molecular formula is C47H35N5O. The number of hydrogen-bond donors (Lipinski definition) is 0. The first-order chi connectivity index (χ1) is 25.9. The highest BCUT2D eigenvalue weighted by Gasteiger charge is 2.25. The third-order valence-electron chi connectivity index (χ3n) is 10.2. The standard InChI is InChI=1S/C47H35N5O/c1-47(2,3)31-25-26-48-45(27-31)52-43-22-11-9-19-39(43)40-24-23-34(29-44(40)52)53-33-14-12-13-32(28-33)51-30-50-42-21-10-8-18-38(42)36-16-5-4-15-35(36)37-17-6-7-20-41(37)46(50)49-51/h4-29H,1-3H3. The van der Waals surface area contributed by atoms with E-state index in [0.717, 1.165) is 61.9 Å². The Hall–Kier alpha value is -6.79. The number of pyridine rings is 1. The van der Waals surface area contributed by atoms with Crippen LogP contribution in [-0.2, 0) is 5.41 Å². The first-order valence-electron chi connectivity index (χ1n) is 17.9. The van der Waals surface area contributed by atoms with E-state index in [0.29, 0.717) is 5.75 Å². The van der Waals surface area contributed by atoms with Crippen LogP contribution >= 0.6 is 0 Å². The zero-order valence-electron chi connectivity index (χ0n) is 29.7. The lowest BCUT2D eigenvalue weighted by molar-refractivity contribution is -0.588. The molecule has 0 fully saturated rings. The SMILES string of the molecule is CC(C)(C)c1ccnc(-n2c3ccccc3c3ccc(Oc4cccc(-n5[c-][n+]6c(n5)-c5ccccc5-c5ccccc5-c5ccccc5-6)c4)cc32)c1. The largest absolute Gasteiger partial charge is 0.458 e. The average Bonchev–Trinajstić information content (AvgIpc) is 3.77. The maximum absolute atomic E-state index is 6.61. The predicted octanol–water partition coefficient (Wildman–Crippen LogP) is 10.8. The van der Waals surface area contributed by atoms with Gasteiger partial charge >= 0.3 is 0 Å². The summed E-state index contributed by atoms with van der Waals surface area (Å²) in [6.07, 6.45) is 5.48. The van der Waals surface area contributed by atoms with Gasteiger partial charge in [-0.25, -0.2) is 4.98 Å². The number of aromatic nitrogens is 5. The lowest BCUT2D eigenvalue weighted by Gasteiger charge is -2.21. The van der Waals surface area contributed by atoms with Gasteiger partial charge in [-0.05, 0) is 80.8 Å². The van der Waals surface area contributed by atoms with Crippen molar-refractivity contribution in [2.24, 2.45) is 0 Å². The molecule has 0 saturated carbocycles. The molecule has 0 atom stereocenters. The summed E-state index contributed by atoms with van der Waals surface area (Å²) in [7, 11) is 0. The van der Waals surface area contributed by atoms with Crippen LogP contribution in [0.2, 0.25) is 0 Å². The molecule has 9 aromatic rings. The van der Waals surface area contributed by atoms with Crippen LogP contribution in [0.3, 0.4) is 0 Å². The molecule has 0 radical (unpaired) electrons. The summed E-state index contributed by atoms with van der Waals surface area (Å²) in [5, 5.41) is 7.50.